The van der Waals surface area contributed by atoms with Crippen molar-refractivity contribution in [2.24, 2.45) is 12.8 Å². The minimum atomic E-state index is 0.0723. The van der Waals surface area contributed by atoms with Crippen LogP contribution >= 0.6 is 0 Å². The van der Waals surface area contributed by atoms with E-state index in [0.717, 1.165) is 42.9 Å². The zero-order valence-corrected chi connectivity index (χ0v) is 12.6. The van der Waals surface area contributed by atoms with Gasteiger partial charge in [-0.15, -0.1) is 0 Å². The summed E-state index contributed by atoms with van der Waals surface area (Å²) in [6.07, 6.45) is 1.96. The Morgan fingerprint density at radius 2 is 2.05 bits per heavy atom. The Balaban J connectivity index is 1.80. The predicted molar refractivity (Wildman–Crippen MR) is 78.2 cm³/mol. The number of nitrogens with zero attached hydrogens (tertiary/aromatic N) is 3. The first-order chi connectivity index (χ1) is 9.47. The second-order valence-electron chi connectivity index (χ2n) is 5.66. The van der Waals surface area contributed by atoms with E-state index in [2.05, 4.69) is 15.3 Å². The van der Waals surface area contributed by atoms with Crippen LogP contribution in [0.25, 0.3) is 0 Å². The first kappa shape index (κ1) is 15.0. The number of carbonyl (C=O) groups is 1. The standard InChI is InChI=1S/C14H25N5O/c1-10-13(11(2)18(3)17-10)8-16-14(20)9-19-6-4-12(15)5-7-19/h12H,4-9,15H2,1-3H3,(H,16,20). The molecule has 20 heavy (non-hydrogen) atoms. The zero-order chi connectivity index (χ0) is 14.7. The minimum Gasteiger partial charge on any atom is -0.351 e. The first-order valence-electron chi connectivity index (χ1n) is 7.21. The van der Waals surface area contributed by atoms with E-state index < -0.39 is 0 Å². The van der Waals surface area contributed by atoms with E-state index in [1.165, 1.54) is 0 Å². The number of rotatable bonds is 4. The van der Waals surface area contributed by atoms with Crippen LogP contribution in [0.5, 0.6) is 0 Å². The monoisotopic (exact) mass is 279 g/mol. The summed E-state index contributed by atoms with van der Waals surface area (Å²) in [6, 6.07) is 0.301. The number of aryl methyl sites for hydroxylation is 2. The van der Waals surface area contributed by atoms with Crippen LogP contribution in [0.2, 0.25) is 0 Å². The SMILES string of the molecule is Cc1nn(C)c(C)c1CNC(=O)CN1CCC(N)CC1. The highest BCUT2D eigenvalue weighted by atomic mass is 16.2. The molecular formula is C14H25N5O. The lowest BCUT2D eigenvalue weighted by Crippen LogP contribution is -2.44. The van der Waals surface area contributed by atoms with Gasteiger partial charge in [0.2, 0.25) is 5.91 Å². The van der Waals surface area contributed by atoms with Crippen LogP contribution in [0.3, 0.4) is 0 Å². The van der Waals surface area contributed by atoms with E-state index in [1.807, 2.05) is 25.6 Å². The van der Waals surface area contributed by atoms with Crippen molar-refractivity contribution in [3.05, 3.63) is 17.0 Å². The van der Waals surface area contributed by atoms with Crippen molar-refractivity contribution in [2.45, 2.75) is 39.3 Å². The van der Waals surface area contributed by atoms with Crippen molar-refractivity contribution in [3.63, 3.8) is 0 Å². The average molecular weight is 279 g/mol. The molecule has 0 bridgehead atoms. The molecule has 0 aromatic carbocycles. The number of hydrogen-bond acceptors (Lipinski definition) is 4. The third-order valence-corrected chi connectivity index (χ3v) is 4.12. The molecule has 0 aliphatic carbocycles. The highest BCUT2D eigenvalue weighted by Gasteiger charge is 2.18. The van der Waals surface area contributed by atoms with Crippen molar-refractivity contribution < 1.29 is 4.79 Å². The molecule has 0 unspecified atom stereocenters. The molecule has 2 heterocycles. The van der Waals surface area contributed by atoms with E-state index in [4.69, 9.17) is 5.73 Å². The third kappa shape index (κ3) is 3.58. The number of aromatic nitrogens is 2. The molecule has 0 atom stereocenters. The number of likely N-dealkylation sites (tertiary alicyclic amines) is 1. The lowest BCUT2D eigenvalue weighted by Gasteiger charge is -2.29. The van der Waals surface area contributed by atoms with E-state index >= 15 is 0 Å². The fraction of sp³-hybridized carbons (Fsp3) is 0.714. The van der Waals surface area contributed by atoms with Gasteiger partial charge in [-0.25, -0.2) is 0 Å². The van der Waals surface area contributed by atoms with Crippen molar-refractivity contribution in [3.8, 4) is 0 Å². The Kier molecular flexibility index (Phi) is 4.77. The summed E-state index contributed by atoms with van der Waals surface area (Å²) >= 11 is 0. The number of hydrogen-bond donors (Lipinski definition) is 2. The van der Waals surface area contributed by atoms with Crippen LogP contribution in [-0.2, 0) is 18.4 Å². The van der Waals surface area contributed by atoms with Gasteiger partial charge in [-0.3, -0.25) is 14.4 Å². The van der Waals surface area contributed by atoms with Gasteiger partial charge in [0.05, 0.1) is 12.2 Å². The fourth-order valence-corrected chi connectivity index (χ4v) is 2.63. The topological polar surface area (TPSA) is 76.2 Å². The molecule has 1 aromatic rings. The van der Waals surface area contributed by atoms with Crippen molar-refractivity contribution in [2.75, 3.05) is 19.6 Å². The average Bonchev–Trinajstić information content (AvgIpc) is 2.64. The molecule has 0 spiro atoms. The summed E-state index contributed by atoms with van der Waals surface area (Å²) in [5, 5.41) is 7.34. The third-order valence-electron chi connectivity index (χ3n) is 4.12. The molecule has 3 N–H and O–H groups in total. The van der Waals surface area contributed by atoms with Gasteiger partial charge >= 0.3 is 0 Å². The summed E-state index contributed by atoms with van der Waals surface area (Å²) in [5.74, 6) is 0.0723. The summed E-state index contributed by atoms with van der Waals surface area (Å²) in [6.45, 7) is 6.84. The van der Waals surface area contributed by atoms with E-state index in [1.54, 1.807) is 0 Å². The second kappa shape index (κ2) is 6.37. The molecule has 0 radical (unpaired) electrons. The fourth-order valence-electron chi connectivity index (χ4n) is 2.63. The highest BCUT2D eigenvalue weighted by Crippen LogP contribution is 2.11. The maximum atomic E-state index is 12.0. The summed E-state index contributed by atoms with van der Waals surface area (Å²) in [4.78, 5) is 14.2. The molecule has 1 saturated heterocycles. The van der Waals surface area contributed by atoms with Gasteiger partial charge < -0.3 is 11.1 Å². The maximum Gasteiger partial charge on any atom is 0.234 e. The van der Waals surface area contributed by atoms with E-state index in [9.17, 15) is 4.79 Å². The normalized spacial score (nSPS) is 17.4. The highest BCUT2D eigenvalue weighted by molar-refractivity contribution is 5.78. The predicted octanol–water partition coefficient (Wildman–Crippen LogP) is 0.0762. The van der Waals surface area contributed by atoms with Gasteiger partial charge in [-0.1, -0.05) is 0 Å². The van der Waals surface area contributed by atoms with E-state index in [0.29, 0.717) is 19.1 Å². The number of carbonyl (C=O) groups excluding carboxylic acids is 1. The number of amides is 1. The summed E-state index contributed by atoms with van der Waals surface area (Å²) < 4.78 is 1.85. The minimum absolute atomic E-state index is 0.0723. The molecule has 1 aliphatic heterocycles. The molecular weight excluding hydrogens is 254 g/mol. The quantitative estimate of drug-likeness (QED) is 0.818. The van der Waals surface area contributed by atoms with Crippen molar-refractivity contribution >= 4 is 5.91 Å². The van der Waals surface area contributed by atoms with Gasteiger partial charge in [0.25, 0.3) is 0 Å². The van der Waals surface area contributed by atoms with Crippen LogP contribution in [0.15, 0.2) is 0 Å². The maximum absolute atomic E-state index is 12.0. The largest absolute Gasteiger partial charge is 0.351 e. The van der Waals surface area contributed by atoms with Gasteiger partial charge in [0.15, 0.2) is 0 Å². The molecule has 1 aromatic heterocycles. The lowest BCUT2D eigenvalue weighted by molar-refractivity contribution is -0.122. The molecule has 1 fully saturated rings. The Bertz CT molecular complexity index is 474. The molecule has 112 valence electrons. The van der Waals surface area contributed by atoms with Crippen molar-refractivity contribution in [1.29, 1.82) is 0 Å². The number of nitrogens with one attached hydrogen (secondary N) is 1. The Morgan fingerprint density at radius 1 is 1.40 bits per heavy atom. The van der Waals surface area contributed by atoms with Crippen LogP contribution < -0.4 is 11.1 Å². The van der Waals surface area contributed by atoms with Crippen LogP contribution in [0.4, 0.5) is 0 Å². The first-order valence-corrected chi connectivity index (χ1v) is 7.21. The summed E-state index contributed by atoms with van der Waals surface area (Å²) in [5.41, 5.74) is 9.06. The summed E-state index contributed by atoms with van der Waals surface area (Å²) in [7, 11) is 1.92. The number of nitrogens with two attached hydrogens (primary N) is 1. The molecule has 0 saturated carbocycles. The molecule has 2 rings (SSSR count). The van der Waals surface area contributed by atoms with Crippen LogP contribution in [0, 0.1) is 13.8 Å². The molecule has 6 heteroatoms. The Hall–Kier alpha value is -1.40. The Morgan fingerprint density at radius 3 is 2.60 bits per heavy atom. The van der Waals surface area contributed by atoms with Gasteiger partial charge in [0.1, 0.15) is 0 Å². The number of piperidine rings is 1. The van der Waals surface area contributed by atoms with Crippen molar-refractivity contribution in [1.82, 2.24) is 20.0 Å². The zero-order valence-electron chi connectivity index (χ0n) is 12.6. The Labute approximate surface area is 120 Å². The van der Waals surface area contributed by atoms with Crippen LogP contribution in [-0.4, -0.2) is 46.3 Å². The molecule has 1 amide bonds. The molecule has 6 nitrogen and oxygen atoms in total. The van der Waals surface area contributed by atoms with Gasteiger partial charge in [-0.2, -0.15) is 5.10 Å². The van der Waals surface area contributed by atoms with Gasteiger partial charge in [0, 0.05) is 44.0 Å². The van der Waals surface area contributed by atoms with E-state index in [-0.39, 0.29) is 5.91 Å². The lowest BCUT2D eigenvalue weighted by atomic mass is 10.1. The second-order valence-corrected chi connectivity index (χ2v) is 5.66. The van der Waals surface area contributed by atoms with Crippen LogP contribution in [0.1, 0.15) is 29.8 Å². The molecule has 1 aliphatic rings. The van der Waals surface area contributed by atoms with Gasteiger partial charge in [-0.05, 0) is 26.7 Å². The smallest absolute Gasteiger partial charge is 0.234 e.